The molecule has 0 aromatic carbocycles. The Morgan fingerprint density at radius 2 is 0.895 bits per heavy atom. The van der Waals surface area contributed by atoms with E-state index < -0.39 is 7.59 Å². The molecule has 0 nitrogen and oxygen atoms in total. The van der Waals surface area contributed by atoms with Crippen molar-refractivity contribution in [1.29, 1.82) is 0 Å². The van der Waals surface area contributed by atoms with Crippen LogP contribution in [-0.2, 0) is 0 Å². The Morgan fingerprint density at radius 1 is 0.579 bits per heavy atom. The van der Waals surface area contributed by atoms with Crippen LogP contribution in [0.3, 0.4) is 0 Å². The maximum absolute atomic E-state index is 6.06. The minimum Gasteiger partial charge on any atom is -0.123 e. The third-order valence-electron chi connectivity index (χ3n) is 2.44. The van der Waals surface area contributed by atoms with Gasteiger partial charge in [0, 0.05) is 23.6 Å². The maximum Gasteiger partial charge on any atom is 0.192 e. The van der Waals surface area contributed by atoms with Crippen LogP contribution in [0.25, 0.3) is 0 Å². The number of alkyl halides is 8. The van der Waals surface area contributed by atoms with Gasteiger partial charge in [-0.05, 0) is 12.8 Å². The first-order valence-electron chi connectivity index (χ1n) is 5.91. The molecule has 0 saturated heterocycles. The third kappa shape index (κ3) is 16.5. The molecular weight excluding hydrogens is 416 g/mol. The second-order valence-electron chi connectivity index (χ2n) is 4.47. The first-order chi connectivity index (χ1) is 8.49. The van der Waals surface area contributed by atoms with Crippen LogP contribution in [0.2, 0.25) is 0 Å². The van der Waals surface area contributed by atoms with Gasteiger partial charge >= 0.3 is 0 Å². The van der Waals surface area contributed by atoms with Gasteiger partial charge in [-0.2, -0.15) is 0 Å². The zero-order valence-electron chi connectivity index (χ0n) is 10.1. The quantitative estimate of drug-likeness (QED) is 0.273. The number of halogens is 8. The minimum atomic E-state index is -1.28. The van der Waals surface area contributed by atoms with Gasteiger partial charge in [0.15, 0.2) is 7.59 Å². The Labute approximate surface area is 155 Å². The Hall–Kier alpha value is 2.32. The van der Waals surface area contributed by atoms with E-state index in [1.807, 2.05) is 0 Å². The lowest BCUT2D eigenvalue weighted by Gasteiger charge is -2.16. The van der Waals surface area contributed by atoms with Crippen LogP contribution >= 0.6 is 92.8 Å². The van der Waals surface area contributed by atoms with Crippen LogP contribution in [0.1, 0.15) is 44.9 Å². The van der Waals surface area contributed by atoms with Crippen molar-refractivity contribution in [2.24, 2.45) is 0 Å². The van der Waals surface area contributed by atoms with Gasteiger partial charge < -0.3 is 0 Å². The fourth-order valence-electron chi connectivity index (χ4n) is 1.61. The Bertz CT molecular complexity index is 208. The van der Waals surface area contributed by atoms with Gasteiger partial charge in [-0.1, -0.05) is 88.9 Å². The number of unbranched alkanes of at least 4 members (excludes halogenated alkanes) is 2. The van der Waals surface area contributed by atoms with Crippen LogP contribution in [0.15, 0.2) is 0 Å². The molecular formula is C11H16Cl8. The molecule has 0 spiro atoms. The highest BCUT2D eigenvalue weighted by molar-refractivity contribution is 6.68. The average molecular weight is 432 g/mol. The monoisotopic (exact) mass is 428 g/mol. The van der Waals surface area contributed by atoms with Gasteiger partial charge in [0.2, 0.25) is 0 Å². The van der Waals surface area contributed by atoms with Crippen molar-refractivity contribution < 1.29 is 0 Å². The highest BCUT2D eigenvalue weighted by Crippen LogP contribution is 2.35. The van der Waals surface area contributed by atoms with Crippen LogP contribution in [0.5, 0.6) is 0 Å². The predicted molar refractivity (Wildman–Crippen MR) is 92.2 cm³/mol. The van der Waals surface area contributed by atoms with Gasteiger partial charge in [-0.25, -0.2) is 0 Å². The molecule has 0 amide bonds. The molecule has 0 bridgehead atoms. The van der Waals surface area contributed by atoms with Gasteiger partial charge in [0.05, 0.1) is 0 Å². The topological polar surface area (TPSA) is 0 Å². The molecule has 0 aliphatic heterocycles. The van der Waals surface area contributed by atoms with E-state index in [4.69, 9.17) is 92.8 Å². The number of rotatable bonds is 8. The third-order valence-corrected chi connectivity index (χ3v) is 4.11. The maximum atomic E-state index is 6.06. The molecule has 0 aromatic heterocycles. The zero-order chi connectivity index (χ0) is 15.1. The molecule has 0 radical (unpaired) electrons. The van der Waals surface area contributed by atoms with E-state index in [0.29, 0.717) is 12.8 Å². The molecule has 116 valence electrons. The molecule has 0 N–H and O–H groups in total. The van der Waals surface area contributed by atoms with E-state index in [9.17, 15) is 0 Å². The predicted octanol–water partition coefficient (Wildman–Crippen LogP) is 7.67. The summed E-state index contributed by atoms with van der Waals surface area (Å²) in [6.45, 7) is 0. The molecule has 0 saturated carbocycles. The lowest BCUT2D eigenvalue weighted by Crippen LogP contribution is -2.12. The van der Waals surface area contributed by atoms with Crippen molar-refractivity contribution in [3.05, 3.63) is 0 Å². The van der Waals surface area contributed by atoms with Crippen molar-refractivity contribution >= 4 is 92.8 Å². The van der Waals surface area contributed by atoms with Gasteiger partial charge in [0.1, 0.15) is 0 Å². The molecule has 8 heteroatoms. The molecule has 0 aliphatic rings. The molecule has 0 aliphatic carbocycles. The molecule has 0 unspecified atom stereocenters. The van der Waals surface area contributed by atoms with E-state index in [-0.39, 0.29) is 10.8 Å². The summed E-state index contributed by atoms with van der Waals surface area (Å²) in [4.78, 5) is 0. The summed E-state index contributed by atoms with van der Waals surface area (Å²) < 4.78 is -2.56. The first-order valence-corrected chi connectivity index (χ1v) is 9.05. The summed E-state index contributed by atoms with van der Waals surface area (Å²) >= 11 is 46.1. The summed E-state index contributed by atoms with van der Waals surface area (Å²) in [5.41, 5.74) is 0. The van der Waals surface area contributed by atoms with Gasteiger partial charge in [-0.3, -0.25) is 0 Å². The Morgan fingerprint density at radius 3 is 1.16 bits per heavy atom. The summed E-state index contributed by atoms with van der Waals surface area (Å²) in [5, 5.41) is -0.249. The van der Waals surface area contributed by atoms with Gasteiger partial charge in [-0.15, -0.1) is 23.2 Å². The molecule has 0 rings (SSSR count). The van der Waals surface area contributed by atoms with E-state index in [1.54, 1.807) is 0 Å². The van der Waals surface area contributed by atoms with Crippen LogP contribution in [0, 0.1) is 0 Å². The highest BCUT2D eigenvalue weighted by atomic mass is 35.6. The minimum absolute atomic E-state index is 0.125. The zero-order valence-corrected chi connectivity index (χ0v) is 16.2. The van der Waals surface area contributed by atoms with Crippen LogP contribution in [-0.4, -0.2) is 18.3 Å². The fourth-order valence-corrected chi connectivity index (χ4v) is 3.98. The second-order valence-corrected chi connectivity index (χ2v) is 10.7. The summed E-state index contributed by atoms with van der Waals surface area (Å²) in [6, 6.07) is 0. The number of hydrogen-bond donors (Lipinski definition) is 0. The largest absolute Gasteiger partial charge is 0.192 e. The van der Waals surface area contributed by atoms with E-state index in [0.717, 1.165) is 32.1 Å². The van der Waals surface area contributed by atoms with Crippen molar-refractivity contribution in [3.8, 4) is 0 Å². The highest BCUT2D eigenvalue weighted by Gasteiger charge is 2.25. The Kier molecular flexibility index (Phi) is 11.4. The summed E-state index contributed by atoms with van der Waals surface area (Å²) in [7, 11) is 0. The smallest absolute Gasteiger partial charge is 0.123 e. The van der Waals surface area contributed by atoms with Crippen LogP contribution in [0.4, 0.5) is 0 Å². The molecule has 0 fully saturated rings. The SMILES string of the molecule is Cl[C@H](CCCCC[C@H](Cl)CC(Cl)(Cl)Cl)CC(Cl)(Cl)Cl. The van der Waals surface area contributed by atoms with E-state index in [1.165, 1.54) is 0 Å². The second kappa shape index (κ2) is 10.2. The van der Waals surface area contributed by atoms with Crippen molar-refractivity contribution in [2.45, 2.75) is 63.3 Å². The van der Waals surface area contributed by atoms with Gasteiger partial charge in [0.25, 0.3) is 0 Å². The van der Waals surface area contributed by atoms with Crippen LogP contribution < -0.4 is 0 Å². The van der Waals surface area contributed by atoms with Crippen molar-refractivity contribution in [1.82, 2.24) is 0 Å². The normalized spacial score (nSPS) is 16.4. The molecule has 2 atom stereocenters. The van der Waals surface area contributed by atoms with E-state index >= 15 is 0 Å². The van der Waals surface area contributed by atoms with Crippen molar-refractivity contribution in [2.75, 3.05) is 0 Å². The average Bonchev–Trinajstić information content (AvgIpc) is 2.10. The summed E-state index contributed by atoms with van der Waals surface area (Å²) in [6.07, 6.45) is 5.26. The first kappa shape index (κ1) is 21.3. The molecule has 0 heterocycles. The Balaban J connectivity index is 3.55. The molecule has 0 aromatic rings. The van der Waals surface area contributed by atoms with Crippen molar-refractivity contribution in [3.63, 3.8) is 0 Å². The lowest BCUT2D eigenvalue weighted by atomic mass is 10.1. The summed E-state index contributed by atoms with van der Waals surface area (Å²) in [5.74, 6) is 0. The standard InChI is InChI=1S/C11H16Cl8/c12-8(6-10(14,15)16)4-2-1-3-5-9(13)7-11(17,18)19/h8-9H,1-7H2/t8-,9+. The lowest BCUT2D eigenvalue weighted by molar-refractivity contribution is 0.569. The van der Waals surface area contributed by atoms with E-state index in [2.05, 4.69) is 0 Å². The fraction of sp³-hybridized carbons (Fsp3) is 1.00. The number of hydrogen-bond acceptors (Lipinski definition) is 0. The molecule has 19 heavy (non-hydrogen) atoms.